The van der Waals surface area contributed by atoms with E-state index < -0.39 is 70.2 Å². The molecule has 0 aliphatic heterocycles. The van der Waals surface area contributed by atoms with Crippen LogP contribution in [0.15, 0.2) is 505 Å². The van der Waals surface area contributed by atoms with Crippen molar-refractivity contribution in [3.8, 4) is 23.0 Å². The summed E-state index contributed by atoms with van der Waals surface area (Å²) in [6, 6.07) is 89.0. The molecule has 661 valence electrons. The van der Waals surface area contributed by atoms with Gasteiger partial charge >= 0.3 is 83.9 Å². The van der Waals surface area contributed by atoms with Crippen molar-refractivity contribution < 1.29 is 145 Å². The molecule has 0 fully saturated rings. The molecular weight excluding hydrogens is 1870 g/mol. The largest absolute Gasteiger partial charge is 3.00 e. The minimum absolute atomic E-state index is 0. The van der Waals surface area contributed by atoms with Crippen molar-refractivity contribution in [2.24, 2.45) is 40.8 Å². The van der Waals surface area contributed by atoms with E-state index in [0.29, 0.717) is 0 Å². The van der Waals surface area contributed by atoms with Crippen LogP contribution in [-0.4, -0.2) is 107 Å². The quantitative estimate of drug-likeness (QED) is 0.108. The van der Waals surface area contributed by atoms with Gasteiger partial charge in [0.15, 0.2) is 0 Å². The Morgan fingerprint density at radius 2 is 0.248 bits per heavy atom. The Bertz CT molecular complexity index is 4150. The van der Waals surface area contributed by atoms with Crippen molar-refractivity contribution in [1.82, 2.24) is 59.8 Å². The summed E-state index contributed by atoms with van der Waals surface area (Å²) < 4.78 is 0. The average molecular weight is 1950 g/mol. The first kappa shape index (κ1) is 117. The molecule has 16 aromatic rings. The molecule has 0 unspecified atom stereocenters. The standard InChI is InChI=1S/2C16H14N4O6.12C5H5N.5Co/c2*21-11-7-3-1-5-9(11)13(23)17-19-15(25)16(26)20-18-14(24)10-6-2-4-8-12(10)22;12*1-2-4-6-5-3-1;;;;;/h2*1-8,21-22H,(H,17,23)(H,18,24)(H,19,25)(H,20,26);12*1-5H;;;;;/q;;;;;;;;;;;;;;3*+2;2*+3/p-12. The summed E-state index contributed by atoms with van der Waals surface area (Å²) in [5.41, 5.74) is -1.33. The van der Waals surface area contributed by atoms with Crippen LogP contribution in [0.4, 0.5) is 0 Å². The number of rotatable bonds is 8. The zero-order chi connectivity index (χ0) is 89.1. The van der Waals surface area contributed by atoms with E-state index in [0.717, 1.165) is 24.3 Å². The van der Waals surface area contributed by atoms with Crippen molar-refractivity contribution in [1.29, 1.82) is 0 Å². The number of aromatic nitrogens is 12. The minimum Gasteiger partial charge on any atom is -0.872 e. The van der Waals surface area contributed by atoms with Crippen LogP contribution in [-0.2, 0) is 83.9 Å². The summed E-state index contributed by atoms with van der Waals surface area (Å²) in [6.45, 7) is 0. The third-order valence-corrected chi connectivity index (χ3v) is 12.6. The molecule has 12 aromatic heterocycles. The van der Waals surface area contributed by atoms with Crippen LogP contribution in [0.1, 0.15) is 22.3 Å². The fourth-order valence-corrected chi connectivity index (χ4v) is 7.07. The summed E-state index contributed by atoms with van der Waals surface area (Å²) in [7, 11) is 0. The molecule has 3 radical (unpaired) electrons. The maximum atomic E-state index is 11.6. The van der Waals surface area contributed by atoms with Crippen molar-refractivity contribution in [2.75, 3.05) is 0 Å². The normalized spacial score (nSPS) is 9.98. The minimum atomic E-state index is -1.58. The van der Waals surface area contributed by atoms with Crippen LogP contribution in [0, 0.1) is 0 Å². The fraction of sp³-hybridized carbons (Fsp3) is 0. The van der Waals surface area contributed by atoms with Gasteiger partial charge in [-0.3, -0.25) is 59.8 Å². The number of hydrogen-bond donors (Lipinski definition) is 0. The van der Waals surface area contributed by atoms with Gasteiger partial charge in [-0.2, -0.15) is 40.8 Å². The Balaban J connectivity index is -0.00000140. The SMILES string of the molecule is [Co+2].[Co+2].[Co+2].[Co+3].[Co+3].[O-]C(=N\N=C(/[O-])c1ccccc1[O-])/C([O-])=N\N=C(/[O-])c1ccccc1[O-].[O-]C(=N\N=C(/[O-])c1ccccc1[O-])/C([O-])=N\N=C(/[O-])c1ccccc1[O-].c1ccncc1.c1ccncc1.c1ccncc1.c1ccncc1.c1ccncc1.c1ccncc1.c1ccncc1.c1ccncc1.c1ccncc1.c1ccncc1.c1ccncc1.c1ccncc1. The second kappa shape index (κ2) is 84.4. The Hall–Kier alpha value is -15.8. The molecule has 12 heterocycles. The maximum absolute atomic E-state index is 11.6. The van der Waals surface area contributed by atoms with E-state index in [4.69, 9.17) is 0 Å². The van der Waals surface area contributed by atoms with Gasteiger partial charge in [0.25, 0.3) is 0 Å². The van der Waals surface area contributed by atoms with Gasteiger partial charge in [-0.1, -0.05) is 170 Å². The zero-order valence-corrected chi connectivity index (χ0v) is 72.6. The van der Waals surface area contributed by atoms with Gasteiger partial charge in [0.05, 0.1) is 0 Å². The number of hydrogen-bond acceptors (Lipinski definition) is 32. The summed E-state index contributed by atoms with van der Waals surface area (Å²) in [6.07, 6.45) is 42.0. The molecule has 16 rings (SSSR count). The van der Waals surface area contributed by atoms with E-state index in [1.54, 1.807) is 149 Å². The Morgan fingerprint density at radius 3 is 0.326 bits per heavy atom. The third kappa shape index (κ3) is 65.5. The molecule has 0 spiro atoms. The molecule has 0 atom stereocenters. The maximum Gasteiger partial charge on any atom is 3.00 e. The number of pyridine rings is 12. The summed E-state index contributed by atoms with van der Waals surface area (Å²) >= 11 is 0. The van der Waals surface area contributed by atoms with Crippen molar-refractivity contribution in [3.63, 3.8) is 0 Å². The summed E-state index contributed by atoms with van der Waals surface area (Å²) in [4.78, 5) is 45.4. The van der Waals surface area contributed by atoms with E-state index in [1.807, 2.05) is 218 Å². The zero-order valence-electron chi connectivity index (χ0n) is 67.4. The molecule has 0 amide bonds. The van der Waals surface area contributed by atoms with Crippen LogP contribution in [0.3, 0.4) is 0 Å². The van der Waals surface area contributed by atoms with Crippen molar-refractivity contribution in [2.45, 2.75) is 0 Å². The molecule has 0 aliphatic rings. The predicted octanol–water partition coefficient (Wildman–Crippen LogP) is 5.16. The Kier molecular flexibility index (Phi) is 76.7. The molecule has 0 saturated carbocycles. The van der Waals surface area contributed by atoms with Gasteiger partial charge in [-0.15, -0.1) is 23.0 Å². The molecule has 4 aromatic carbocycles. The fourth-order valence-electron chi connectivity index (χ4n) is 7.07. The topological polar surface area (TPSA) is 530 Å². The van der Waals surface area contributed by atoms with E-state index in [9.17, 15) is 61.3 Å². The predicted molar refractivity (Wildman–Crippen MR) is 450 cm³/mol. The van der Waals surface area contributed by atoms with Crippen LogP contribution in [0.5, 0.6) is 23.0 Å². The average Bonchev–Trinajstić information content (AvgIpc) is 0.882. The molecule has 0 N–H and O–H groups in total. The molecule has 0 bridgehead atoms. The molecule has 129 heavy (non-hydrogen) atoms. The van der Waals surface area contributed by atoms with Crippen LogP contribution in [0.25, 0.3) is 0 Å². The van der Waals surface area contributed by atoms with Crippen LogP contribution < -0.4 is 61.3 Å². The van der Waals surface area contributed by atoms with Gasteiger partial charge in [-0.05, 0) is 168 Å². The van der Waals surface area contributed by atoms with Gasteiger partial charge in [0.2, 0.25) is 0 Å². The first-order valence-corrected chi connectivity index (χ1v) is 36.0. The van der Waals surface area contributed by atoms with Gasteiger partial charge in [0, 0.05) is 196 Å². The van der Waals surface area contributed by atoms with E-state index >= 15 is 0 Å². The Labute approximate surface area is 796 Å². The van der Waals surface area contributed by atoms with Gasteiger partial charge in [0.1, 0.15) is 0 Å². The monoisotopic (exact) mass is 1950 g/mol. The second-order valence-electron chi connectivity index (χ2n) is 21.5. The first-order chi connectivity index (χ1) is 60.8. The van der Waals surface area contributed by atoms with Crippen LogP contribution in [0.2, 0.25) is 0 Å². The molecular formula is C92H76Co5N20O12. The number of benzene rings is 4. The number of nitrogens with zero attached hydrogens (tertiary/aromatic N) is 20. The van der Waals surface area contributed by atoms with Crippen LogP contribution >= 0.6 is 0 Å². The molecule has 32 nitrogen and oxygen atoms in total. The summed E-state index contributed by atoms with van der Waals surface area (Å²) in [5, 5.41) is 161. The first-order valence-electron chi connectivity index (χ1n) is 36.0. The number of para-hydroxylation sites is 4. The van der Waals surface area contributed by atoms with E-state index in [2.05, 4.69) is 101 Å². The van der Waals surface area contributed by atoms with Crippen molar-refractivity contribution in [3.05, 3.63) is 486 Å². The van der Waals surface area contributed by atoms with E-state index in [-0.39, 0.29) is 106 Å². The summed E-state index contributed by atoms with van der Waals surface area (Å²) in [5.74, 6) is -13.3. The molecule has 0 saturated heterocycles. The van der Waals surface area contributed by atoms with E-state index in [1.165, 1.54) is 72.8 Å². The smallest absolute Gasteiger partial charge is 0.872 e. The third-order valence-electron chi connectivity index (χ3n) is 12.6. The van der Waals surface area contributed by atoms with Crippen molar-refractivity contribution >= 4 is 47.2 Å². The molecule has 0 aliphatic carbocycles. The second-order valence-corrected chi connectivity index (χ2v) is 21.5. The molecule has 37 heteroatoms. The van der Waals surface area contributed by atoms with Gasteiger partial charge in [-0.25, -0.2) is 0 Å². The Morgan fingerprint density at radius 1 is 0.147 bits per heavy atom. The van der Waals surface area contributed by atoms with Gasteiger partial charge < -0.3 is 61.3 Å².